The number of aromatic nitrogens is 2. The van der Waals surface area contributed by atoms with E-state index in [0.29, 0.717) is 0 Å². The first-order valence-corrected chi connectivity index (χ1v) is 6.60. The molecule has 18 heavy (non-hydrogen) atoms. The highest BCUT2D eigenvalue weighted by atomic mass is 15.1. The number of likely N-dealkylation sites (N-methyl/N-ethyl adjacent to an activating group) is 1. The van der Waals surface area contributed by atoms with Gasteiger partial charge in [-0.05, 0) is 57.1 Å². The van der Waals surface area contributed by atoms with Gasteiger partial charge >= 0.3 is 0 Å². The van der Waals surface area contributed by atoms with Crippen molar-refractivity contribution in [3.63, 3.8) is 0 Å². The number of rotatable bonds is 7. The third-order valence-electron chi connectivity index (χ3n) is 3.26. The van der Waals surface area contributed by atoms with E-state index in [1.807, 2.05) is 0 Å². The van der Waals surface area contributed by atoms with Crippen LogP contribution in [0.1, 0.15) is 18.4 Å². The van der Waals surface area contributed by atoms with Crippen LogP contribution in [0.25, 0.3) is 11.0 Å². The maximum Gasteiger partial charge on any atom is 0.0931 e. The van der Waals surface area contributed by atoms with E-state index in [2.05, 4.69) is 40.1 Å². The maximum atomic E-state index is 5.49. The van der Waals surface area contributed by atoms with Gasteiger partial charge in [0.1, 0.15) is 0 Å². The van der Waals surface area contributed by atoms with Crippen LogP contribution in [-0.2, 0) is 6.42 Å². The number of fused-ring (bicyclic) bond motifs is 1. The van der Waals surface area contributed by atoms with Crippen LogP contribution in [0.2, 0.25) is 0 Å². The standard InChI is InChI=1S/C14H22N4/c1-18(8-3-2-7-15)9-6-12-4-5-13-14(10-12)17-11-16-13/h4-5,10-11H,2-3,6-9,15H2,1H3,(H,16,17). The Hall–Kier alpha value is -1.39. The molecule has 1 aromatic heterocycles. The van der Waals surface area contributed by atoms with Crippen LogP contribution in [0, 0.1) is 0 Å². The van der Waals surface area contributed by atoms with Crippen molar-refractivity contribution in [3.8, 4) is 0 Å². The number of nitrogens with zero attached hydrogens (tertiary/aromatic N) is 2. The van der Waals surface area contributed by atoms with Crippen molar-refractivity contribution in [1.29, 1.82) is 0 Å². The lowest BCUT2D eigenvalue weighted by molar-refractivity contribution is 0.331. The number of imidazole rings is 1. The zero-order chi connectivity index (χ0) is 12.8. The van der Waals surface area contributed by atoms with Gasteiger partial charge in [0.25, 0.3) is 0 Å². The molecule has 98 valence electrons. The molecule has 0 radical (unpaired) electrons. The molecule has 3 N–H and O–H groups in total. The molecule has 0 saturated heterocycles. The molecular formula is C14H22N4. The van der Waals surface area contributed by atoms with Gasteiger partial charge in [0.2, 0.25) is 0 Å². The summed E-state index contributed by atoms with van der Waals surface area (Å²) in [6.07, 6.45) is 5.12. The number of unbranched alkanes of at least 4 members (excludes halogenated alkanes) is 1. The van der Waals surface area contributed by atoms with Crippen LogP contribution in [0.15, 0.2) is 24.5 Å². The Morgan fingerprint density at radius 3 is 3.00 bits per heavy atom. The minimum Gasteiger partial charge on any atom is -0.345 e. The fourth-order valence-electron chi connectivity index (χ4n) is 2.10. The molecule has 0 aliphatic heterocycles. The van der Waals surface area contributed by atoms with Gasteiger partial charge in [-0.3, -0.25) is 0 Å². The van der Waals surface area contributed by atoms with Crippen LogP contribution in [0.3, 0.4) is 0 Å². The summed E-state index contributed by atoms with van der Waals surface area (Å²) in [5.74, 6) is 0. The number of hydrogen-bond acceptors (Lipinski definition) is 3. The molecule has 1 heterocycles. The second kappa shape index (κ2) is 6.52. The molecule has 0 fully saturated rings. The van der Waals surface area contributed by atoms with Crippen LogP contribution < -0.4 is 5.73 Å². The van der Waals surface area contributed by atoms with Crippen LogP contribution in [0.4, 0.5) is 0 Å². The summed E-state index contributed by atoms with van der Waals surface area (Å²) in [5.41, 5.74) is 9.01. The summed E-state index contributed by atoms with van der Waals surface area (Å²) >= 11 is 0. The van der Waals surface area contributed by atoms with Gasteiger partial charge in [0.05, 0.1) is 17.4 Å². The first-order chi connectivity index (χ1) is 8.79. The first-order valence-electron chi connectivity index (χ1n) is 6.60. The Morgan fingerprint density at radius 1 is 1.28 bits per heavy atom. The number of hydrogen-bond donors (Lipinski definition) is 2. The second-order valence-electron chi connectivity index (χ2n) is 4.80. The Labute approximate surface area is 108 Å². The Balaban J connectivity index is 1.81. The molecule has 0 atom stereocenters. The van der Waals surface area contributed by atoms with E-state index in [9.17, 15) is 0 Å². The minimum absolute atomic E-state index is 0.796. The van der Waals surface area contributed by atoms with Crippen LogP contribution in [0.5, 0.6) is 0 Å². The summed E-state index contributed by atoms with van der Waals surface area (Å²) < 4.78 is 0. The van der Waals surface area contributed by atoms with E-state index in [1.165, 1.54) is 12.0 Å². The van der Waals surface area contributed by atoms with Crippen molar-refractivity contribution in [2.75, 3.05) is 26.7 Å². The predicted octanol–water partition coefficient (Wildman–Crippen LogP) is 1.78. The van der Waals surface area contributed by atoms with Gasteiger partial charge in [-0.1, -0.05) is 6.07 Å². The van der Waals surface area contributed by atoms with Gasteiger partial charge in [0, 0.05) is 6.54 Å². The summed E-state index contributed by atoms with van der Waals surface area (Å²) in [7, 11) is 2.17. The average Bonchev–Trinajstić information content (AvgIpc) is 2.84. The lowest BCUT2D eigenvalue weighted by Crippen LogP contribution is -2.23. The van der Waals surface area contributed by atoms with Gasteiger partial charge in [-0.2, -0.15) is 0 Å². The fraction of sp³-hybridized carbons (Fsp3) is 0.500. The normalized spacial score (nSPS) is 11.5. The molecule has 0 aliphatic carbocycles. The fourth-order valence-corrected chi connectivity index (χ4v) is 2.10. The highest BCUT2D eigenvalue weighted by Gasteiger charge is 2.01. The van der Waals surface area contributed by atoms with E-state index >= 15 is 0 Å². The van der Waals surface area contributed by atoms with Gasteiger partial charge < -0.3 is 15.6 Å². The summed E-state index contributed by atoms with van der Waals surface area (Å²) in [4.78, 5) is 9.75. The van der Waals surface area contributed by atoms with Gasteiger partial charge in [-0.15, -0.1) is 0 Å². The van der Waals surface area contributed by atoms with Crippen molar-refractivity contribution in [3.05, 3.63) is 30.1 Å². The highest BCUT2D eigenvalue weighted by molar-refractivity contribution is 5.75. The van der Waals surface area contributed by atoms with E-state index in [4.69, 9.17) is 5.73 Å². The van der Waals surface area contributed by atoms with Crippen LogP contribution in [-0.4, -0.2) is 41.5 Å². The third-order valence-corrected chi connectivity index (χ3v) is 3.26. The van der Waals surface area contributed by atoms with Crippen molar-refractivity contribution in [1.82, 2.24) is 14.9 Å². The zero-order valence-corrected chi connectivity index (χ0v) is 11.0. The SMILES string of the molecule is CN(CCCCN)CCc1ccc2nc[nH]c2c1. The van der Waals surface area contributed by atoms with E-state index < -0.39 is 0 Å². The highest BCUT2D eigenvalue weighted by Crippen LogP contribution is 2.12. The van der Waals surface area contributed by atoms with Gasteiger partial charge in [-0.25, -0.2) is 4.98 Å². The summed E-state index contributed by atoms with van der Waals surface area (Å²) in [6.45, 7) is 3.01. The molecular weight excluding hydrogens is 224 g/mol. The topological polar surface area (TPSA) is 57.9 Å². The predicted molar refractivity (Wildman–Crippen MR) is 75.6 cm³/mol. The van der Waals surface area contributed by atoms with Crippen molar-refractivity contribution >= 4 is 11.0 Å². The first kappa shape index (κ1) is 13.1. The molecule has 0 saturated carbocycles. The molecule has 0 aliphatic rings. The molecule has 2 rings (SSSR count). The molecule has 0 spiro atoms. The number of nitrogens with two attached hydrogens (primary N) is 1. The number of nitrogens with one attached hydrogen (secondary N) is 1. The Morgan fingerprint density at radius 2 is 2.17 bits per heavy atom. The third kappa shape index (κ3) is 3.55. The Bertz CT molecular complexity index is 477. The van der Waals surface area contributed by atoms with Crippen LogP contribution >= 0.6 is 0 Å². The number of benzene rings is 1. The monoisotopic (exact) mass is 246 g/mol. The van der Waals surface area contributed by atoms with Crippen molar-refractivity contribution in [2.24, 2.45) is 5.73 Å². The number of H-pyrrole nitrogens is 1. The molecule has 4 heteroatoms. The second-order valence-corrected chi connectivity index (χ2v) is 4.80. The van der Waals surface area contributed by atoms with E-state index in [1.54, 1.807) is 6.33 Å². The average molecular weight is 246 g/mol. The lowest BCUT2D eigenvalue weighted by atomic mass is 10.1. The lowest BCUT2D eigenvalue weighted by Gasteiger charge is -2.16. The van der Waals surface area contributed by atoms with E-state index in [-0.39, 0.29) is 0 Å². The molecule has 0 amide bonds. The summed E-state index contributed by atoms with van der Waals surface area (Å²) in [6, 6.07) is 6.43. The maximum absolute atomic E-state index is 5.49. The molecule has 1 aromatic carbocycles. The van der Waals surface area contributed by atoms with E-state index in [0.717, 1.165) is 43.5 Å². The Kier molecular flexibility index (Phi) is 4.73. The zero-order valence-electron chi connectivity index (χ0n) is 11.0. The quantitative estimate of drug-likeness (QED) is 0.732. The summed E-state index contributed by atoms with van der Waals surface area (Å²) in [5, 5.41) is 0. The van der Waals surface area contributed by atoms with Gasteiger partial charge in [0.15, 0.2) is 0 Å². The molecule has 0 unspecified atom stereocenters. The molecule has 0 bridgehead atoms. The molecule has 2 aromatic rings. The minimum atomic E-state index is 0.796. The largest absolute Gasteiger partial charge is 0.345 e. The smallest absolute Gasteiger partial charge is 0.0931 e. The van der Waals surface area contributed by atoms with Crippen molar-refractivity contribution in [2.45, 2.75) is 19.3 Å². The number of aromatic amines is 1. The molecule has 4 nitrogen and oxygen atoms in total. The van der Waals surface area contributed by atoms with Crippen molar-refractivity contribution < 1.29 is 0 Å².